The third-order valence-corrected chi connectivity index (χ3v) is 2.68. The highest BCUT2D eigenvalue weighted by molar-refractivity contribution is 5.74. The number of hydrogen-bond donors (Lipinski definition) is 1. The quantitative estimate of drug-likeness (QED) is 0.781. The number of urea groups is 1. The number of carbonyl (C=O) groups is 1. The first kappa shape index (κ1) is 12.1. The molecule has 1 unspecified atom stereocenters. The van der Waals surface area contributed by atoms with Gasteiger partial charge in [0.25, 0.3) is 0 Å². The van der Waals surface area contributed by atoms with Gasteiger partial charge in [-0.15, -0.1) is 0 Å². The maximum atomic E-state index is 11.8. The topological polar surface area (TPSA) is 32.3 Å². The van der Waals surface area contributed by atoms with Crippen molar-refractivity contribution >= 4 is 6.03 Å². The molecule has 0 saturated heterocycles. The van der Waals surface area contributed by atoms with Crippen molar-refractivity contribution in [3.63, 3.8) is 0 Å². The Morgan fingerprint density at radius 2 is 2.07 bits per heavy atom. The molecule has 0 aromatic rings. The van der Waals surface area contributed by atoms with Gasteiger partial charge >= 0.3 is 12.2 Å². The number of carbonyl (C=O) groups excluding carboxylic acids is 1. The van der Waals surface area contributed by atoms with Gasteiger partial charge in [-0.3, -0.25) is 0 Å². The summed E-state index contributed by atoms with van der Waals surface area (Å²) in [7, 11) is 1.52. The summed E-state index contributed by atoms with van der Waals surface area (Å²) in [5.41, 5.74) is 0. The van der Waals surface area contributed by atoms with Crippen molar-refractivity contribution < 1.29 is 18.0 Å². The van der Waals surface area contributed by atoms with Crippen LogP contribution in [0.4, 0.5) is 18.0 Å². The number of alkyl halides is 3. The lowest BCUT2D eigenvalue weighted by atomic mass is 10.2. The zero-order valence-corrected chi connectivity index (χ0v) is 8.77. The third-order valence-electron chi connectivity index (χ3n) is 2.68. The predicted octanol–water partition coefficient (Wildman–Crippen LogP) is 1.99. The van der Waals surface area contributed by atoms with E-state index in [9.17, 15) is 18.0 Å². The van der Waals surface area contributed by atoms with Crippen LogP contribution in [0, 0.1) is 5.92 Å². The summed E-state index contributed by atoms with van der Waals surface area (Å²) in [6.07, 6.45) is -2.24. The summed E-state index contributed by atoms with van der Waals surface area (Å²) >= 11 is 0. The molecule has 1 atom stereocenters. The highest BCUT2D eigenvalue weighted by atomic mass is 19.4. The van der Waals surface area contributed by atoms with Crippen LogP contribution in [0.1, 0.15) is 19.8 Å². The van der Waals surface area contributed by atoms with E-state index in [1.54, 1.807) is 0 Å². The predicted molar refractivity (Wildman–Crippen MR) is 49.4 cm³/mol. The van der Waals surface area contributed by atoms with E-state index in [1.165, 1.54) is 11.9 Å². The Morgan fingerprint density at radius 3 is 2.47 bits per heavy atom. The van der Waals surface area contributed by atoms with Crippen LogP contribution in [0.2, 0.25) is 0 Å². The molecule has 0 heterocycles. The van der Waals surface area contributed by atoms with Crippen molar-refractivity contribution in [1.82, 2.24) is 10.2 Å². The van der Waals surface area contributed by atoms with Gasteiger partial charge in [-0.2, -0.15) is 13.2 Å². The van der Waals surface area contributed by atoms with Crippen molar-refractivity contribution in [3.05, 3.63) is 0 Å². The SMILES string of the molecule is CC(C1CC1)N(C)C(=O)NCC(F)(F)F. The van der Waals surface area contributed by atoms with E-state index < -0.39 is 18.8 Å². The molecular weight excluding hydrogens is 209 g/mol. The molecule has 88 valence electrons. The van der Waals surface area contributed by atoms with Gasteiger partial charge < -0.3 is 10.2 Å². The normalized spacial score (nSPS) is 18.5. The van der Waals surface area contributed by atoms with Crippen molar-refractivity contribution in [3.8, 4) is 0 Å². The van der Waals surface area contributed by atoms with E-state index in [0.717, 1.165) is 12.8 Å². The van der Waals surface area contributed by atoms with Gasteiger partial charge in [0.2, 0.25) is 0 Å². The molecule has 1 rings (SSSR count). The van der Waals surface area contributed by atoms with Crippen LogP contribution in [-0.2, 0) is 0 Å². The lowest BCUT2D eigenvalue weighted by Crippen LogP contribution is -2.46. The molecule has 0 aliphatic heterocycles. The zero-order chi connectivity index (χ0) is 11.6. The summed E-state index contributed by atoms with van der Waals surface area (Å²) in [4.78, 5) is 12.6. The zero-order valence-electron chi connectivity index (χ0n) is 8.77. The third kappa shape index (κ3) is 3.97. The maximum Gasteiger partial charge on any atom is 0.405 e. The van der Waals surface area contributed by atoms with Crippen molar-refractivity contribution in [2.75, 3.05) is 13.6 Å². The van der Waals surface area contributed by atoms with Gasteiger partial charge in [0.1, 0.15) is 6.54 Å². The summed E-state index contributed by atoms with van der Waals surface area (Å²) in [6, 6.07) is -0.648. The van der Waals surface area contributed by atoms with Gasteiger partial charge in [-0.25, -0.2) is 4.79 Å². The van der Waals surface area contributed by atoms with E-state index >= 15 is 0 Å². The van der Waals surface area contributed by atoms with E-state index in [2.05, 4.69) is 0 Å². The second kappa shape index (κ2) is 4.28. The van der Waals surface area contributed by atoms with Crippen LogP contribution in [0.3, 0.4) is 0 Å². The minimum Gasteiger partial charge on any atom is -0.329 e. The smallest absolute Gasteiger partial charge is 0.329 e. The Bertz CT molecular complexity index is 238. The maximum absolute atomic E-state index is 11.8. The summed E-state index contributed by atoms with van der Waals surface area (Å²) in [5.74, 6) is 0.451. The van der Waals surface area contributed by atoms with Gasteiger partial charge in [0, 0.05) is 13.1 Å². The van der Waals surface area contributed by atoms with Crippen LogP contribution in [0.15, 0.2) is 0 Å². The Kier molecular flexibility index (Phi) is 3.46. The first-order valence-electron chi connectivity index (χ1n) is 4.88. The summed E-state index contributed by atoms with van der Waals surface area (Å²) < 4.78 is 35.5. The van der Waals surface area contributed by atoms with Gasteiger partial charge in [0.05, 0.1) is 0 Å². The first-order chi connectivity index (χ1) is 6.81. The van der Waals surface area contributed by atoms with Crippen LogP contribution in [0.5, 0.6) is 0 Å². The molecule has 1 fully saturated rings. The monoisotopic (exact) mass is 224 g/mol. The lowest BCUT2D eigenvalue weighted by molar-refractivity contribution is -0.123. The van der Waals surface area contributed by atoms with Gasteiger partial charge in [-0.1, -0.05) is 0 Å². The fourth-order valence-corrected chi connectivity index (χ4v) is 1.38. The Balaban J connectivity index is 2.32. The number of rotatable bonds is 3. The molecule has 1 N–H and O–H groups in total. The second-order valence-corrected chi connectivity index (χ2v) is 3.96. The second-order valence-electron chi connectivity index (χ2n) is 3.96. The highest BCUT2D eigenvalue weighted by Gasteiger charge is 2.34. The van der Waals surface area contributed by atoms with E-state index in [0.29, 0.717) is 5.92 Å². The highest BCUT2D eigenvalue weighted by Crippen LogP contribution is 2.34. The lowest BCUT2D eigenvalue weighted by Gasteiger charge is -2.25. The molecule has 15 heavy (non-hydrogen) atoms. The van der Waals surface area contributed by atoms with Crippen molar-refractivity contribution in [2.24, 2.45) is 5.92 Å². The molecule has 0 aromatic carbocycles. The van der Waals surface area contributed by atoms with E-state index in [1.807, 2.05) is 12.2 Å². The fraction of sp³-hybridized carbons (Fsp3) is 0.889. The van der Waals surface area contributed by atoms with Crippen molar-refractivity contribution in [1.29, 1.82) is 0 Å². The Morgan fingerprint density at radius 1 is 1.53 bits per heavy atom. The minimum absolute atomic E-state index is 0.0123. The number of hydrogen-bond acceptors (Lipinski definition) is 1. The molecule has 6 heteroatoms. The van der Waals surface area contributed by atoms with E-state index in [4.69, 9.17) is 0 Å². The Labute approximate surface area is 86.6 Å². The van der Waals surface area contributed by atoms with Crippen molar-refractivity contribution in [2.45, 2.75) is 32.0 Å². The molecular formula is C9H15F3N2O. The minimum atomic E-state index is -4.35. The van der Waals surface area contributed by atoms with Gasteiger partial charge in [-0.05, 0) is 25.7 Å². The van der Waals surface area contributed by atoms with Crippen LogP contribution < -0.4 is 5.32 Å². The van der Waals surface area contributed by atoms with E-state index in [-0.39, 0.29) is 6.04 Å². The number of halogens is 3. The number of amides is 2. The Hall–Kier alpha value is -0.940. The molecule has 1 aliphatic rings. The molecule has 1 aliphatic carbocycles. The average Bonchev–Trinajstić information content (AvgIpc) is 2.93. The molecule has 1 saturated carbocycles. The standard InChI is InChI=1S/C9H15F3N2O/c1-6(7-3-4-7)14(2)8(15)13-5-9(10,11)12/h6-7H,3-5H2,1-2H3,(H,13,15). The molecule has 0 aromatic heterocycles. The van der Waals surface area contributed by atoms with Crippen LogP contribution >= 0.6 is 0 Å². The van der Waals surface area contributed by atoms with Crippen LogP contribution in [-0.4, -0.2) is 36.7 Å². The average molecular weight is 224 g/mol. The molecule has 0 spiro atoms. The molecule has 2 amide bonds. The van der Waals surface area contributed by atoms with Crippen LogP contribution in [0.25, 0.3) is 0 Å². The molecule has 0 radical (unpaired) electrons. The number of nitrogens with one attached hydrogen (secondary N) is 1. The largest absolute Gasteiger partial charge is 0.405 e. The first-order valence-corrected chi connectivity index (χ1v) is 4.88. The fourth-order valence-electron chi connectivity index (χ4n) is 1.38. The molecule has 0 bridgehead atoms. The number of nitrogens with zero attached hydrogens (tertiary/aromatic N) is 1. The van der Waals surface area contributed by atoms with Gasteiger partial charge in [0.15, 0.2) is 0 Å². The molecule has 3 nitrogen and oxygen atoms in total. The summed E-state index contributed by atoms with van der Waals surface area (Å²) in [5, 5.41) is 1.85. The summed E-state index contributed by atoms with van der Waals surface area (Å²) in [6.45, 7) is 0.582.